The maximum absolute atomic E-state index is 3.14. The van der Waals surface area contributed by atoms with Crippen molar-refractivity contribution in [2.45, 2.75) is 75.3 Å². The average molecular weight is 284 g/mol. The van der Waals surface area contributed by atoms with Gasteiger partial charge in [0, 0.05) is 5.38 Å². The van der Waals surface area contributed by atoms with E-state index in [9.17, 15) is 0 Å². The Bertz CT molecular complexity index is 254. The summed E-state index contributed by atoms with van der Waals surface area (Å²) in [7, 11) is 0. The Morgan fingerprint density at radius 3 is 2.11 bits per heavy atom. The molecule has 0 aliphatic heterocycles. The summed E-state index contributed by atoms with van der Waals surface area (Å²) < 4.78 is 1.42. The highest BCUT2D eigenvalue weighted by Crippen LogP contribution is 2.24. The van der Waals surface area contributed by atoms with Crippen LogP contribution < -0.4 is 0 Å². The second-order valence-corrected chi connectivity index (χ2v) is 7.18. The second-order valence-electron chi connectivity index (χ2n) is 4.90. The molecule has 103 valence electrons. The Kier molecular flexibility index (Phi) is 10.8. The van der Waals surface area contributed by atoms with Gasteiger partial charge in [0.2, 0.25) is 0 Å². The van der Waals surface area contributed by atoms with Crippen LogP contribution in [0, 0.1) is 5.38 Å². The largest absolute Gasteiger partial charge is 0.128 e. The number of hydrogen-bond donors (Lipinski definition) is 0. The highest BCUT2D eigenvalue weighted by Gasteiger charge is 1.95. The molecule has 2 heteroatoms. The molecule has 0 unspecified atom stereocenters. The summed E-state index contributed by atoms with van der Waals surface area (Å²) in [5.74, 6) is 1.28. The van der Waals surface area contributed by atoms with E-state index < -0.39 is 0 Å². The first-order valence-electron chi connectivity index (χ1n) is 7.52. The normalized spacial score (nSPS) is 10.9. The van der Waals surface area contributed by atoms with E-state index >= 15 is 0 Å². The fourth-order valence-electron chi connectivity index (χ4n) is 2.07. The number of hydrogen-bond acceptors (Lipinski definition) is 2. The van der Waals surface area contributed by atoms with E-state index in [1.807, 2.05) is 17.8 Å². The molecule has 0 aliphatic rings. The van der Waals surface area contributed by atoms with E-state index in [-0.39, 0.29) is 0 Å². The van der Waals surface area contributed by atoms with Crippen LogP contribution in [0.15, 0.2) is 16.3 Å². The lowest BCUT2D eigenvalue weighted by Gasteiger charge is -2.02. The maximum atomic E-state index is 3.14. The van der Waals surface area contributed by atoms with Crippen LogP contribution in [0.1, 0.15) is 71.1 Å². The van der Waals surface area contributed by atoms with Crippen LogP contribution in [0.25, 0.3) is 0 Å². The zero-order valence-electron chi connectivity index (χ0n) is 11.7. The summed E-state index contributed by atoms with van der Waals surface area (Å²) in [5.41, 5.74) is 0. The predicted molar refractivity (Wildman–Crippen MR) is 85.7 cm³/mol. The van der Waals surface area contributed by atoms with Crippen LogP contribution in [-0.2, 0) is 0 Å². The molecule has 0 spiro atoms. The molecular formula is C16H27S2. The molecule has 1 aromatic heterocycles. The van der Waals surface area contributed by atoms with Crippen molar-refractivity contribution in [1.29, 1.82) is 0 Å². The highest BCUT2D eigenvalue weighted by atomic mass is 32.2. The van der Waals surface area contributed by atoms with Gasteiger partial charge in [-0.15, -0.1) is 23.1 Å². The highest BCUT2D eigenvalue weighted by molar-refractivity contribution is 8.01. The summed E-state index contributed by atoms with van der Waals surface area (Å²) >= 11 is 3.73. The summed E-state index contributed by atoms with van der Waals surface area (Å²) in [6.45, 7) is 2.28. The third-order valence-electron chi connectivity index (χ3n) is 3.19. The van der Waals surface area contributed by atoms with E-state index in [4.69, 9.17) is 0 Å². The number of unbranched alkanes of at least 4 members (excludes halogenated alkanes) is 9. The van der Waals surface area contributed by atoms with Crippen molar-refractivity contribution in [3.8, 4) is 0 Å². The zero-order chi connectivity index (χ0) is 12.9. The van der Waals surface area contributed by atoms with Crippen molar-refractivity contribution < 1.29 is 0 Å². The quantitative estimate of drug-likeness (QED) is 0.309. The third-order valence-corrected chi connectivity index (χ3v) is 5.30. The van der Waals surface area contributed by atoms with Crippen molar-refractivity contribution in [3.63, 3.8) is 0 Å². The van der Waals surface area contributed by atoms with Crippen molar-refractivity contribution in [1.82, 2.24) is 0 Å². The van der Waals surface area contributed by atoms with E-state index in [2.05, 4.69) is 18.4 Å². The van der Waals surface area contributed by atoms with Crippen molar-refractivity contribution >= 4 is 23.1 Å². The smallest absolute Gasteiger partial charge is 0.0605 e. The van der Waals surface area contributed by atoms with E-state index in [0.717, 1.165) is 0 Å². The summed E-state index contributed by atoms with van der Waals surface area (Å²) in [5, 5.41) is 3.14. The first-order chi connectivity index (χ1) is 8.93. The molecule has 0 fully saturated rings. The molecule has 1 rings (SSSR count). The van der Waals surface area contributed by atoms with Gasteiger partial charge < -0.3 is 0 Å². The molecule has 1 radical (unpaired) electrons. The Balaban J connectivity index is 1.73. The van der Waals surface area contributed by atoms with Crippen LogP contribution in [0.3, 0.4) is 0 Å². The van der Waals surface area contributed by atoms with Gasteiger partial charge in [-0.3, -0.25) is 0 Å². The molecule has 0 aliphatic carbocycles. The van der Waals surface area contributed by atoms with Crippen molar-refractivity contribution in [2.75, 3.05) is 5.75 Å². The fraction of sp³-hybridized carbons (Fsp3) is 0.750. The van der Waals surface area contributed by atoms with Crippen LogP contribution in [0.4, 0.5) is 0 Å². The van der Waals surface area contributed by atoms with E-state index in [1.54, 1.807) is 11.3 Å². The standard InChI is InChI=1S/C16H27S2/c1-2-3-4-5-6-7-8-9-10-11-14-17-16-13-12-15-18-16/h12-13H,2-11,14H2,1H3. The molecule has 0 nitrogen and oxygen atoms in total. The van der Waals surface area contributed by atoms with Gasteiger partial charge in [-0.25, -0.2) is 0 Å². The minimum absolute atomic E-state index is 1.28. The summed E-state index contributed by atoms with van der Waals surface area (Å²) in [4.78, 5) is 0. The molecule has 18 heavy (non-hydrogen) atoms. The maximum Gasteiger partial charge on any atom is 0.0605 e. The fourth-order valence-corrected chi connectivity index (χ4v) is 3.80. The number of thiophene rings is 1. The van der Waals surface area contributed by atoms with Gasteiger partial charge in [0.15, 0.2) is 0 Å². The van der Waals surface area contributed by atoms with Gasteiger partial charge in [-0.2, -0.15) is 0 Å². The van der Waals surface area contributed by atoms with Gasteiger partial charge in [0.25, 0.3) is 0 Å². The lowest BCUT2D eigenvalue weighted by atomic mass is 10.1. The molecule has 0 saturated heterocycles. The number of thioether (sulfide) groups is 1. The molecule has 0 amide bonds. The second kappa shape index (κ2) is 12.1. The molecule has 0 atom stereocenters. The first-order valence-corrected chi connectivity index (χ1v) is 9.32. The summed E-state index contributed by atoms with van der Waals surface area (Å²) in [6, 6.07) is 4.19. The number of rotatable bonds is 12. The Morgan fingerprint density at radius 1 is 0.944 bits per heavy atom. The van der Waals surface area contributed by atoms with Gasteiger partial charge in [-0.05, 0) is 24.3 Å². The monoisotopic (exact) mass is 283 g/mol. The topological polar surface area (TPSA) is 0 Å². The molecule has 0 saturated carbocycles. The Hall–Kier alpha value is 0.0500. The van der Waals surface area contributed by atoms with Gasteiger partial charge in [0.1, 0.15) is 0 Å². The third kappa shape index (κ3) is 9.04. The summed E-state index contributed by atoms with van der Waals surface area (Å²) in [6.07, 6.45) is 14.3. The predicted octanol–water partition coefficient (Wildman–Crippen LogP) is 6.56. The Morgan fingerprint density at radius 2 is 1.56 bits per heavy atom. The van der Waals surface area contributed by atoms with Gasteiger partial charge in [0.05, 0.1) is 4.21 Å². The van der Waals surface area contributed by atoms with Crippen LogP contribution in [0.5, 0.6) is 0 Å². The van der Waals surface area contributed by atoms with Crippen LogP contribution in [-0.4, -0.2) is 5.75 Å². The van der Waals surface area contributed by atoms with Gasteiger partial charge >= 0.3 is 0 Å². The molecular weight excluding hydrogens is 256 g/mol. The van der Waals surface area contributed by atoms with E-state index in [0.29, 0.717) is 0 Å². The average Bonchev–Trinajstić information content (AvgIpc) is 2.89. The minimum atomic E-state index is 1.28. The zero-order valence-corrected chi connectivity index (χ0v) is 13.4. The first kappa shape index (κ1) is 16.1. The lowest BCUT2D eigenvalue weighted by molar-refractivity contribution is 0.563. The lowest BCUT2D eigenvalue weighted by Crippen LogP contribution is -1.83. The van der Waals surface area contributed by atoms with Crippen LogP contribution in [0.2, 0.25) is 0 Å². The molecule has 0 N–H and O–H groups in total. The van der Waals surface area contributed by atoms with Crippen molar-refractivity contribution in [3.05, 3.63) is 17.5 Å². The van der Waals surface area contributed by atoms with Crippen LogP contribution >= 0.6 is 23.1 Å². The minimum Gasteiger partial charge on any atom is -0.128 e. The molecule has 1 aromatic rings. The Labute approximate surface area is 122 Å². The van der Waals surface area contributed by atoms with Gasteiger partial charge in [-0.1, -0.05) is 64.7 Å². The molecule has 1 heterocycles. The SMILES string of the molecule is CCCCCCCCCCCCSc1cc[c]s1. The van der Waals surface area contributed by atoms with E-state index in [1.165, 1.54) is 74.2 Å². The van der Waals surface area contributed by atoms with Crippen molar-refractivity contribution in [2.24, 2.45) is 0 Å². The molecule has 0 bridgehead atoms. The molecule has 0 aromatic carbocycles.